The fraction of sp³-hybridized carbons (Fsp3) is 1.00. The third-order valence-corrected chi connectivity index (χ3v) is 4.29. The Kier molecular flexibility index (Phi) is 6.78. The van der Waals surface area contributed by atoms with E-state index in [1.807, 2.05) is 20.8 Å². The van der Waals surface area contributed by atoms with E-state index in [1.54, 1.807) is 11.3 Å². The van der Waals surface area contributed by atoms with Gasteiger partial charge in [0.2, 0.25) is 0 Å². The summed E-state index contributed by atoms with van der Waals surface area (Å²) in [6.45, 7) is 8.29. The lowest BCUT2D eigenvalue weighted by Crippen LogP contribution is -2.29. The van der Waals surface area contributed by atoms with Gasteiger partial charge in [-0.3, -0.25) is 4.57 Å². The van der Waals surface area contributed by atoms with E-state index in [-0.39, 0.29) is 0 Å². The molecule has 1 unspecified atom stereocenters. The minimum Gasteiger partial charge on any atom is -0.312 e. The van der Waals surface area contributed by atoms with Gasteiger partial charge in [0.15, 0.2) is 0 Å². The molecular formula is C9H20Cl2NO2P. The maximum Gasteiger partial charge on any atom is 0.269 e. The lowest BCUT2D eigenvalue weighted by Gasteiger charge is -2.32. The summed E-state index contributed by atoms with van der Waals surface area (Å²) in [5.41, 5.74) is -0.429. The smallest absolute Gasteiger partial charge is 0.269 e. The van der Waals surface area contributed by atoms with Crippen LogP contribution in [0.4, 0.5) is 0 Å². The van der Waals surface area contributed by atoms with Gasteiger partial charge < -0.3 is 4.52 Å². The largest absolute Gasteiger partial charge is 0.312 e. The summed E-state index contributed by atoms with van der Waals surface area (Å²) in [6.07, 6.45) is 0. The van der Waals surface area contributed by atoms with E-state index in [1.165, 1.54) is 0 Å². The first-order valence-electron chi connectivity index (χ1n) is 4.88. The molecule has 0 aromatic carbocycles. The SMILES string of the molecule is CC(C)(C)OP(C)(=O)N(CCCl)CCCl. The Labute approximate surface area is 103 Å². The first-order chi connectivity index (χ1) is 6.73. The van der Waals surface area contributed by atoms with E-state index in [0.29, 0.717) is 24.8 Å². The molecule has 0 aromatic rings. The minimum absolute atomic E-state index is 0.419. The van der Waals surface area contributed by atoms with Crippen LogP contribution in [0.5, 0.6) is 0 Å². The zero-order valence-electron chi connectivity index (χ0n) is 9.80. The Balaban J connectivity index is 4.55. The van der Waals surface area contributed by atoms with Gasteiger partial charge in [-0.1, -0.05) is 0 Å². The van der Waals surface area contributed by atoms with Crippen LogP contribution in [-0.2, 0) is 9.09 Å². The van der Waals surface area contributed by atoms with E-state index in [9.17, 15) is 4.57 Å². The molecule has 0 heterocycles. The molecule has 0 bridgehead atoms. The first-order valence-corrected chi connectivity index (χ1v) is 7.98. The Morgan fingerprint density at radius 1 is 1.20 bits per heavy atom. The molecule has 15 heavy (non-hydrogen) atoms. The van der Waals surface area contributed by atoms with E-state index in [2.05, 4.69) is 0 Å². The summed E-state index contributed by atoms with van der Waals surface area (Å²) < 4.78 is 19.6. The van der Waals surface area contributed by atoms with Crippen LogP contribution in [0.3, 0.4) is 0 Å². The van der Waals surface area contributed by atoms with Gasteiger partial charge >= 0.3 is 0 Å². The van der Waals surface area contributed by atoms with Crippen LogP contribution in [0, 0.1) is 0 Å². The summed E-state index contributed by atoms with van der Waals surface area (Å²) in [6, 6.07) is 0. The van der Waals surface area contributed by atoms with Crippen molar-refractivity contribution in [3.63, 3.8) is 0 Å². The van der Waals surface area contributed by atoms with Crippen molar-refractivity contribution in [2.45, 2.75) is 26.4 Å². The summed E-state index contributed by atoms with van der Waals surface area (Å²) in [7, 11) is -2.79. The molecule has 1 atom stereocenters. The van der Waals surface area contributed by atoms with Gasteiger partial charge in [-0.15, -0.1) is 23.2 Å². The van der Waals surface area contributed by atoms with E-state index in [4.69, 9.17) is 27.7 Å². The molecule has 0 spiro atoms. The number of halogens is 2. The van der Waals surface area contributed by atoms with Gasteiger partial charge in [-0.05, 0) is 20.8 Å². The highest BCUT2D eigenvalue weighted by Crippen LogP contribution is 2.49. The predicted molar refractivity (Wildman–Crippen MR) is 67.4 cm³/mol. The Hall–Kier alpha value is 0.730. The second-order valence-electron chi connectivity index (χ2n) is 4.34. The fourth-order valence-electron chi connectivity index (χ4n) is 1.24. The first kappa shape index (κ1) is 15.7. The van der Waals surface area contributed by atoms with Crippen LogP contribution in [0.2, 0.25) is 0 Å². The van der Waals surface area contributed by atoms with Gasteiger partial charge in [0, 0.05) is 31.5 Å². The topological polar surface area (TPSA) is 29.5 Å². The molecule has 0 aromatic heterocycles. The van der Waals surface area contributed by atoms with Crippen LogP contribution < -0.4 is 0 Å². The van der Waals surface area contributed by atoms with Crippen molar-refractivity contribution in [2.24, 2.45) is 0 Å². The second-order valence-corrected chi connectivity index (χ2v) is 7.45. The van der Waals surface area contributed by atoms with Gasteiger partial charge in [0.25, 0.3) is 7.52 Å². The van der Waals surface area contributed by atoms with Gasteiger partial charge in [-0.2, -0.15) is 0 Å². The van der Waals surface area contributed by atoms with Crippen LogP contribution >= 0.6 is 30.7 Å². The lowest BCUT2D eigenvalue weighted by molar-refractivity contribution is 0.119. The lowest BCUT2D eigenvalue weighted by atomic mass is 10.2. The Morgan fingerprint density at radius 2 is 1.60 bits per heavy atom. The standard InChI is InChI=1S/C9H20Cl2NO2P/c1-9(2,3)14-15(4,13)12(7-5-10)8-6-11/h5-8H2,1-4H3. The molecule has 0 N–H and O–H groups in total. The number of nitrogens with zero attached hydrogens (tertiary/aromatic N) is 1. The normalized spacial score (nSPS) is 16.7. The maximum atomic E-state index is 12.3. The van der Waals surface area contributed by atoms with Crippen molar-refractivity contribution in [2.75, 3.05) is 31.5 Å². The minimum atomic E-state index is -2.79. The average molecular weight is 276 g/mol. The number of rotatable bonds is 6. The summed E-state index contributed by atoms with van der Waals surface area (Å²) >= 11 is 11.3. The molecule has 0 saturated heterocycles. The molecular weight excluding hydrogens is 256 g/mol. The van der Waals surface area contributed by atoms with E-state index < -0.39 is 13.1 Å². The quantitative estimate of drug-likeness (QED) is 0.550. The maximum absolute atomic E-state index is 12.3. The number of alkyl halides is 2. The zero-order valence-corrected chi connectivity index (χ0v) is 12.2. The molecule has 92 valence electrons. The van der Waals surface area contributed by atoms with Crippen molar-refractivity contribution in [1.29, 1.82) is 0 Å². The van der Waals surface area contributed by atoms with E-state index in [0.717, 1.165) is 0 Å². The van der Waals surface area contributed by atoms with Crippen LogP contribution in [-0.4, -0.2) is 41.8 Å². The highest BCUT2D eigenvalue weighted by Gasteiger charge is 2.30. The molecule has 0 aliphatic rings. The Bertz CT molecular complexity index is 225. The molecule has 0 rings (SSSR count). The van der Waals surface area contributed by atoms with Crippen LogP contribution in [0.15, 0.2) is 0 Å². The summed E-state index contributed by atoms with van der Waals surface area (Å²) in [5, 5.41) is 0. The van der Waals surface area contributed by atoms with Gasteiger partial charge in [0.05, 0.1) is 5.60 Å². The zero-order chi connectivity index (χ0) is 12.1. The van der Waals surface area contributed by atoms with E-state index >= 15 is 0 Å². The molecule has 6 heteroatoms. The summed E-state index contributed by atoms with van der Waals surface area (Å²) in [4.78, 5) is 0. The summed E-state index contributed by atoms with van der Waals surface area (Å²) in [5.74, 6) is 0.838. The van der Waals surface area contributed by atoms with Crippen molar-refractivity contribution < 1.29 is 9.09 Å². The molecule has 0 aliphatic heterocycles. The number of hydrogen-bond donors (Lipinski definition) is 0. The van der Waals surface area contributed by atoms with Gasteiger partial charge in [-0.25, -0.2) is 4.67 Å². The van der Waals surface area contributed by atoms with Crippen molar-refractivity contribution in [1.82, 2.24) is 4.67 Å². The number of hydrogen-bond acceptors (Lipinski definition) is 2. The molecule has 0 amide bonds. The monoisotopic (exact) mass is 275 g/mol. The molecule has 0 saturated carbocycles. The van der Waals surface area contributed by atoms with Gasteiger partial charge in [0.1, 0.15) is 0 Å². The Morgan fingerprint density at radius 3 is 1.87 bits per heavy atom. The highest BCUT2D eigenvalue weighted by atomic mass is 35.5. The highest BCUT2D eigenvalue weighted by molar-refractivity contribution is 7.55. The van der Waals surface area contributed by atoms with Crippen molar-refractivity contribution in [3.8, 4) is 0 Å². The molecule has 3 nitrogen and oxygen atoms in total. The third-order valence-electron chi connectivity index (χ3n) is 1.64. The molecule has 0 fully saturated rings. The van der Waals surface area contributed by atoms with Crippen LogP contribution in [0.25, 0.3) is 0 Å². The molecule has 0 radical (unpaired) electrons. The molecule has 0 aliphatic carbocycles. The fourth-order valence-corrected chi connectivity index (χ4v) is 3.94. The average Bonchev–Trinajstić information content (AvgIpc) is 1.99. The second kappa shape index (κ2) is 6.46. The third kappa shape index (κ3) is 6.80. The van der Waals surface area contributed by atoms with Crippen LogP contribution in [0.1, 0.15) is 20.8 Å². The van der Waals surface area contributed by atoms with Crippen molar-refractivity contribution in [3.05, 3.63) is 0 Å². The predicted octanol–water partition coefficient (Wildman–Crippen LogP) is 3.40. The van der Waals surface area contributed by atoms with Crippen molar-refractivity contribution >= 4 is 30.7 Å².